The highest BCUT2D eigenvalue weighted by Gasteiger charge is 2.13. The van der Waals surface area contributed by atoms with Gasteiger partial charge in [0, 0.05) is 18.8 Å². The summed E-state index contributed by atoms with van der Waals surface area (Å²) >= 11 is 0. The Balaban J connectivity index is 1.97. The van der Waals surface area contributed by atoms with Gasteiger partial charge in [-0.3, -0.25) is 4.40 Å². The van der Waals surface area contributed by atoms with Gasteiger partial charge >= 0.3 is 0 Å². The molecule has 6 heteroatoms. The first-order chi connectivity index (χ1) is 10.1. The summed E-state index contributed by atoms with van der Waals surface area (Å²) in [5.41, 5.74) is 10.1. The van der Waals surface area contributed by atoms with E-state index in [4.69, 9.17) is 5.73 Å². The highest BCUT2D eigenvalue weighted by Crippen LogP contribution is 2.28. The van der Waals surface area contributed by atoms with Gasteiger partial charge in [-0.2, -0.15) is 0 Å². The Morgan fingerprint density at radius 3 is 2.90 bits per heavy atom. The van der Waals surface area contributed by atoms with Crippen molar-refractivity contribution in [2.24, 2.45) is 7.05 Å². The maximum Gasteiger partial charge on any atom is 0.140 e. The number of rotatable bonds is 1. The quantitative estimate of drug-likeness (QED) is 0.583. The topological polar surface area (TPSA) is 61.1 Å². The molecule has 3 aromatic heterocycles. The molecule has 0 amide bonds. The van der Waals surface area contributed by atoms with Crippen LogP contribution in [0.3, 0.4) is 0 Å². The number of nitrogens with two attached hydrogens (primary N) is 1. The van der Waals surface area contributed by atoms with E-state index in [2.05, 4.69) is 9.97 Å². The number of imidazole rings is 2. The fraction of sp³-hybridized carbons (Fsp3) is 0.0667. The van der Waals surface area contributed by atoms with Crippen LogP contribution in [0.1, 0.15) is 0 Å². The number of aromatic nitrogens is 4. The van der Waals surface area contributed by atoms with Crippen molar-refractivity contribution in [3.63, 3.8) is 0 Å². The summed E-state index contributed by atoms with van der Waals surface area (Å²) in [4.78, 5) is 8.80. The zero-order chi connectivity index (χ0) is 14.6. The van der Waals surface area contributed by atoms with E-state index in [1.54, 1.807) is 16.8 Å². The maximum atomic E-state index is 13.3. The van der Waals surface area contributed by atoms with Crippen LogP contribution in [-0.2, 0) is 7.05 Å². The van der Waals surface area contributed by atoms with Gasteiger partial charge in [-0.25, -0.2) is 14.4 Å². The second-order valence-electron chi connectivity index (χ2n) is 4.98. The lowest BCUT2D eigenvalue weighted by Gasteiger charge is -2.00. The Labute approximate surface area is 119 Å². The Hall–Kier alpha value is -2.89. The fourth-order valence-electron chi connectivity index (χ4n) is 2.53. The summed E-state index contributed by atoms with van der Waals surface area (Å²) in [5, 5.41) is 0. The van der Waals surface area contributed by atoms with Gasteiger partial charge in [0.2, 0.25) is 0 Å². The molecule has 0 saturated heterocycles. The summed E-state index contributed by atoms with van der Waals surface area (Å²) in [5.74, 6) is 0.0677. The molecule has 21 heavy (non-hydrogen) atoms. The molecular formula is C15H12FN5. The predicted molar refractivity (Wildman–Crippen MR) is 79.3 cm³/mol. The minimum atomic E-state index is -0.349. The highest BCUT2D eigenvalue weighted by molar-refractivity contribution is 5.84. The average Bonchev–Trinajstić information content (AvgIpc) is 3.01. The van der Waals surface area contributed by atoms with Gasteiger partial charge in [-0.15, -0.1) is 0 Å². The van der Waals surface area contributed by atoms with Gasteiger partial charge in [0.05, 0.1) is 17.4 Å². The van der Waals surface area contributed by atoms with Gasteiger partial charge in [-0.1, -0.05) is 6.07 Å². The SMILES string of the molecule is Cn1cnc2cc(-c3nc4ccc(F)cn4c3N)ccc21. The number of hydrogen-bond donors (Lipinski definition) is 1. The Morgan fingerprint density at radius 2 is 2.05 bits per heavy atom. The molecule has 0 aliphatic carbocycles. The molecule has 1 aromatic carbocycles. The number of hydrogen-bond acceptors (Lipinski definition) is 3. The number of halogens is 1. The number of nitrogen functional groups attached to an aromatic ring is 1. The first kappa shape index (κ1) is 11.9. The van der Waals surface area contributed by atoms with Crippen LogP contribution in [0.25, 0.3) is 27.9 Å². The van der Waals surface area contributed by atoms with E-state index in [0.717, 1.165) is 16.6 Å². The first-order valence-electron chi connectivity index (χ1n) is 6.48. The lowest BCUT2D eigenvalue weighted by atomic mass is 10.1. The third kappa shape index (κ3) is 1.69. The normalized spacial score (nSPS) is 11.5. The number of fused-ring (bicyclic) bond motifs is 2. The molecule has 104 valence electrons. The van der Waals surface area contributed by atoms with E-state index in [9.17, 15) is 4.39 Å². The van der Waals surface area contributed by atoms with Crippen LogP contribution in [0, 0.1) is 5.82 Å². The molecular weight excluding hydrogens is 269 g/mol. The molecule has 4 rings (SSSR count). The summed E-state index contributed by atoms with van der Waals surface area (Å²) < 4.78 is 16.8. The lowest BCUT2D eigenvalue weighted by molar-refractivity contribution is 0.619. The molecule has 5 nitrogen and oxygen atoms in total. The molecule has 3 heterocycles. The van der Waals surface area contributed by atoms with Crippen molar-refractivity contribution in [3.05, 3.63) is 48.7 Å². The maximum absolute atomic E-state index is 13.3. The fourth-order valence-corrected chi connectivity index (χ4v) is 2.53. The lowest BCUT2D eigenvalue weighted by Crippen LogP contribution is -1.95. The molecule has 0 radical (unpaired) electrons. The van der Waals surface area contributed by atoms with Crippen LogP contribution in [0.4, 0.5) is 10.2 Å². The van der Waals surface area contributed by atoms with Gasteiger partial charge in [0.1, 0.15) is 23.0 Å². The molecule has 0 unspecified atom stereocenters. The van der Waals surface area contributed by atoms with Crippen molar-refractivity contribution in [1.82, 2.24) is 18.9 Å². The Bertz CT molecular complexity index is 982. The standard InChI is InChI=1S/C15H12FN5/c1-20-8-18-11-6-9(2-4-12(11)20)14-15(17)21-7-10(16)3-5-13(21)19-14/h2-8H,17H2,1H3. The van der Waals surface area contributed by atoms with Gasteiger partial charge in [-0.05, 0) is 24.3 Å². The van der Waals surface area contributed by atoms with E-state index in [0.29, 0.717) is 17.2 Å². The van der Waals surface area contributed by atoms with Crippen molar-refractivity contribution in [2.45, 2.75) is 0 Å². The van der Waals surface area contributed by atoms with Gasteiger partial charge in [0.15, 0.2) is 0 Å². The Morgan fingerprint density at radius 1 is 1.19 bits per heavy atom. The third-order valence-corrected chi connectivity index (χ3v) is 3.62. The first-order valence-corrected chi connectivity index (χ1v) is 6.48. The minimum absolute atomic E-state index is 0.349. The van der Waals surface area contributed by atoms with Crippen LogP contribution >= 0.6 is 0 Å². The highest BCUT2D eigenvalue weighted by atomic mass is 19.1. The van der Waals surface area contributed by atoms with Crippen molar-refractivity contribution in [1.29, 1.82) is 0 Å². The smallest absolute Gasteiger partial charge is 0.140 e. The van der Waals surface area contributed by atoms with Crippen LogP contribution < -0.4 is 5.73 Å². The second-order valence-corrected chi connectivity index (χ2v) is 4.98. The van der Waals surface area contributed by atoms with Crippen LogP contribution in [0.2, 0.25) is 0 Å². The number of nitrogens with zero attached hydrogens (tertiary/aromatic N) is 4. The van der Waals surface area contributed by atoms with Crippen molar-refractivity contribution in [2.75, 3.05) is 5.73 Å². The second kappa shape index (κ2) is 4.05. The molecule has 0 spiro atoms. The number of anilines is 1. The van der Waals surface area contributed by atoms with Crippen molar-refractivity contribution in [3.8, 4) is 11.3 Å². The van der Waals surface area contributed by atoms with E-state index in [-0.39, 0.29) is 5.82 Å². The molecule has 0 bridgehead atoms. The monoisotopic (exact) mass is 281 g/mol. The molecule has 2 N–H and O–H groups in total. The molecule has 4 aromatic rings. The summed E-state index contributed by atoms with van der Waals surface area (Å²) in [7, 11) is 1.94. The predicted octanol–water partition coefficient (Wildman–Crippen LogP) is 2.61. The Kier molecular flexibility index (Phi) is 2.29. The van der Waals surface area contributed by atoms with Gasteiger partial charge in [0.25, 0.3) is 0 Å². The average molecular weight is 281 g/mol. The van der Waals surface area contributed by atoms with Crippen LogP contribution in [0.15, 0.2) is 42.9 Å². The summed E-state index contributed by atoms with van der Waals surface area (Å²) in [6.45, 7) is 0. The number of aryl methyl sites for hydroxylation is 1. The molecule has 0 aliphatic rings. The van der Waals surface area contributed by atoms with Crippen molar-refractivity contribution < 1.29 is 4.39 Å². The number of benzene rings is 1. The van der Waals surface area contributed by atoms with E-state index in [1.165, 1.54) is 12.3 Å². The van der Waals surface area contributed by atoms with Crippen LogP contribution in [-0.4, -0.2) is 18.9 Å². The number of pyridine rings is 1. The zero-order valence-corrected chi connectivity index (χ0v) is 11.3. The van der Waals surface area contributed by atoms with E-state index < -0.39 is 0 Å². The summed E-state index contributed by atoms with van der Waals surface area (Å²) in [6.07, 6.45) is 3.09. The zero-order valence-electron chi connectivity index (χ0n) is 11.3. The van der Waals surface area contributed by atoms with Crippen LogP contribution in [0.5, 0.6) is 0 Å². The third-order valence-electron chi connectivity index (χ3n) is 3.62. The molecule has 0 fully saturated rings. The van der Waals surface area contributed by atoms with E-state index >= 15 is 0 Å². The molecule has 0 aliphatic heterocycles. The van der Waals surface area contributed by atoms with Gasteiger partial charge < -0.3 is 10.3 Å². The van der Waals surface area contributed by atoms with E-state index in [1.807, 2.05) is 29.8 Å². The summed E-state index contributed by atoms with van der Waals surface area (Å²) in [6, 6.07) is 8.83. The largest absolute Gasteiger partial charge is 0.383 e. The van der Waals surface area contributed by atoms with Crippen molar-refractivity contribution >= 4 is 22.5 Å². The molecule has 0 atom stereocenters. The molecule has 0 saturated carbocycles. The minimum Gasteiger partial charge on any atom is -0.383 e.